The van der Waals surface area contributed by atoms with E-state index in [-0.39, 0.29) is 10.6 Å². The fourth-order valence-corrected chi connectivity index (χ4v) is 3.50. The molecule has 0 unspecified atom stereocenters. The van der Waals surface area contributed by atoms with Crippen LogP contribution in [0.3, 0.4) is 0 Å². The van der Waals surface area contributed by atoms with E-state index in [1.165, 1.54) is 37.6 Å². The average Bonchev–Trinajstić information content (AvgIpc) is 2.73. The van der Waals surface area contributed by atoms with Crippen LogP contribution in [0, 0.1) is 11.8 Å². The lowest BCUT2D eigenvalue weighted by molar-refractivity contribution is 0.0690. The van der Waals surface area contributed by atoms with Gasteiger partial charge in [-0.05, 0) is 36.4 Å². The van der Waals surface area contributed by atoms with Crippen LogP contribution >= 0.6 is 0 Å². The van der Waals surface area contributed by atoms with Crippen LogP contribution < -0.4 is 9.46 Å². The smallest absolute Gasteiger partial charge is 0.354 e. The molecule has 2 aromatic carbocycles. The Hall–Kier alpha value is -3.83. The fraction of sp³-hybridized carbons (Fsp3) is 0.0476. The fourth-order valence-electron chi connectivity index (χ4n) is 2.39. The van der Waals surface area contributed by atoms with E-state index in [1.54, 1.807) is 36.4 Å². The zero-order valence-corrected chi connectivity index (χ0v) is 16.1. The normalized spacial score (nSPS) is 10.5. The molecule has 0 saturated heterocycles. The van der Waals surface area contributed by atoms with Gasteiger partial charge in [-0.1, -0.05) is 30.0 Å². The van der Waals surface area contributed by atoms with Gasteiger partial charge < -0.3 is 9.84 Å². The molecule has 8 heteroatoms. The second-order valence-electron chi connectivity index (χ2n) is 5.82. The molecule has 0 atom stereocenters. The third kappa shape index (κ3) is 4.91. The number of carbonyl (C=O) groups is 1. The molecule has 0 aliphatic carbocycles. The molecule has 0 radical (unpaired) electrons. The summed E-state index contributed by atoms with van der Waals surface area (Å²) < 4.78 is 33.0. The van der Waals surface area contributed by atoms with Crippen LogP contribution in [0.2, 0.25) is 0 Å². The van der Waals surface area contributed by atoms with Crippen molar-refractivity contribution in [2.75, 3.05) is 11.8 Å². The maximum absolute atomic E-state index is 12.7. The first-order valence-corrected chi connectivity index (χ1v) is 9.84. The number of aromatic carboxylic acids is 1. The first-order chi connectivity index (χ1) is 13.9. The van der Waals surface area contributed by atoms with E-state index in [9.17, 15) is 13.2 Å². The zero-order valence-electron chi connectivity index (χ0n) is 15.3. The van der Waals surface area contributed by atoms with E-state index in [4.69, 9.17) is 9.84 Å². The highest BCUT2D eigenvalue weighted by atomic mass is 32.2. The number of carboxylic acid groups (broad SMARTS) is 1. The molecule has 1 heterocycles. The molecule has 7 nitrogen and oxygen atoms in total. The third-order valence-electron chi connectivity index (χ3n) is 3.85. The molecule has 0 aliphatic rings. The van der Waals surface area contributed by atoms with Crippen molar-refractivity contribution in [1.29, 1.82) is 0 Å². The van der Waals surface area contributed by atoms with Crippen LogP contribution in [0.25, 0.3) is 0 Å². The Morgan fingerprint density at radius 1 is 1.07 bits per heavy atom. The van der Waals surface area contributed by atoms with Gasteiger partial charge in [0.15, 0.2) is 0 Å². The molecule has 29 heavy (non-hydrogen) atoms. The number of rotatable bonds is 5. The lowest BCUT2D eigenvalue weighted by Crippen LogP contribution is -2.13. The second kappa shape index (κ2) is 8.46. The van der Waals surface area contributed by atoms with Crippen LogP contribution in [0.15, 0.2) is 71.8 Å². The highest BCUT2D eigenvalue weighted by Crippen LogP contribution is 2.22. The average molecular weight is 408 g/mol. The van der Waals surface area contributed by atoms with Gasteiger partial charge in [0.1, 0.15) is 11.4 Å². The minimum Gasteiger partial charge on any atom is -0.497 e. The van der Waals surface area contributed by atoms with Gasteiger partial charge in [-0.3, -0.25) is 4.72 Å². The van der Waals surface area contributed by atoms with Gasteiger partial charge in [0, 0.05) is 23.4 Å². The lowest BCUT2D eigenvalue weighted by Gasteiger charge is -2.10. The van der Waals surface area contributed by atoms with Gasteiger partial charge in [0.2, 0.25) is 0 Å². The van der Waals surface area contributed by atoms with Crippen molar-refractivity contribution in [3.63, 3.8) is 0 Å². The molecule has 0 saturated carbocycles. The molecular weight excluding hydrogens is 392 g/mol. The zero-order chi connectivity index (χ0) is 20.9. The SMILES string of the molecule is COc1cccc(S(=O)(=O)Nc2ccccc2C#Cc2ccc(C(=O)O)nc2)c1. The van der Waals surface area contributed by atoms with E-state index in [1.807, 2.05) is 0 Å². The number of nitrogens with zero attached hydrogens (tertiary/aromatic N) is 1. The summed E-state index contributed by atoms with van der Waals surface area (Å²) in [5, 5.41) is 8.88. The van der Waals surface area contributed by atoms with Gasteiger partial charge in [-0.2, -0.15) is 0 Å². The number of aromatic nitrogens is 1. The summed E-state index contributed by atoms with van der Waals surface area (Å²) in [6.07, 6.45) is 1.35. The Bertz CT molecular complexity index is 1210. The largest absolute Gasteiger partial charge is 0.497 e. The van der Waals surface area contributed by atoms with E-state index in [2.05, 4.69) is 21.5 Å². The predicted octanol–water partition coefficient (Wildman–Crippen LogP) is 2.99. The summed E-state index contributed by atoms with van der Waals surface area (Å²) in [6.45, 7) is 0. The monoisotopic (exact) mass is 408 g/mol. The number of methoxy groups -OCH3 is 1. The molecule has 2 N–H and O–H groups in total. The van der Waals surface area contributed by atoms with E-state index in [0.717, 1.165) is 0 Å². The first-order valence-electron chi connectivity index (χ1n) is 8.36. The standard InChI is InChI=1S/C21H16N2O5S/c1-28-17-6-4-7-18(13-17)29(26,27)23-19-8-3-2-5-16(19)11-9-15-10-12-20(21(24)25)22-14-15/h2-8,10,12-14,23H,1H3,(H,24,25). The number of benzene rings is 2. The number of ether oxygens (including phenoxy) is 1. The Kier molecular flexibility index (Phi) is 5.81. The molecule has 1 aromatic heterocycles. The highest BCUT2D eigenvalue weighted by Gasteiger charge is 2.16. The molecule has 3 aromatic rings. The van der Waals surface area contributed by atoms with Gasteiger partial charge in [-0.15, -0.1) is 0 Å². The van der Waals surface area contributed by atoms with Gasteiger partial charge in [0.25, 0.3) is 10.0 Å². The second-order valence-corrected chi connectivity index (χ2v) is 7.50. The Labute approximate surface area is 168 Å². The molecule has 146 valence electrons. The minimum atomic E-state index is -3.84. The summed E-state index contributed by atoms with van der Waals surface area (Å²) in [5.74, 6) is 5.04. The van der Waals surface area contributed by atoms with Crippen molar-refractivity contribution >= 4 is 21.7 Å². The number of hydrogen-bond acceptors (Lipinski definition) is 5. The Morgan fingerprint density at radius 2 is 1.86 bits per heavy atom. The number of nitrogens with one attached hydrogen (secondary N) is 1. The van der Waals surface area contributed by atoms with Crippen molar-refractivity contribution in [2.45, 2.75) is 4.90 Å². The summed E-state index contributed by atoms with van der Waals surface area (Å²) in [7, 11) is -2.38. The molecule has 0 spiro atoms. The molecule has 3 rings (SSSR count). The molecule has 0 bridgehead atoms. The van der Waals surface area contributed by atoms with Gasteiger partial charge in [0.05, 0.1) is 17.7 Å². The maximum Gasteiger partial charge on any atom is 0.354 e. The third-order valence-corrected chi connectivity index (χ3v) is 5.21. The topological polar surface area (TPSA) is 106 Å². The molecular formula is C21H16N2O5S. The summed E-state index contributed by atoms with van der Waals surface area (Å²) >= 11 is 0. The van der Waals surface area contributed by atoms with Crippen LogP contribution in [0.1, 0.15) is 21.6 Å². The molecule has 0 amide bonds. The number of pyridine rings is 1. The summed E-state index contributed by atoms with van der Waals surface area (Å²) in [6, 6.07) is 15.7. The van der Waals surface area contributed by atoms with Gasteiger partial charge in [-0.25, -0.2) is 18.2 Å². The quantitative estimate of drug-likeness (QED) is 0.629. The Balaban J connectivity index is 1.89. The number of anilines is 1. The lowest BCUT2D eigenvalue weighted by atomic mass is 10.1. The van der Waals surface area contributed by atoms with Crippen molar-refractivity contribution < 1.29 is 23.1 Å². The summed E-state index contributed by atoms with van der Waals surface area (Å²) in [4.78, 5) is 14.7. The van der Waals surface area contributed by atoms with Crippen molar-refractivity contribution in [1.82, 2.24) is 4.98 Å². The van der Waals surface area contributed by atoms with E-state index >= 15 is 0 Å². The van der Waals surface area contributed by atoms with E-state index < -0.39 is 16.0 Å². The number of hydrogen-bond donors (Lipinski definition) is 2. The van der Waals surface area contributed by atoms with Crippen LogP contribution in [0.5, 0.6) is 5.75 Å². The van der Waals surface area contributed by atoms with Crippen LogP contribution in [0.4, 0.5) is 5.69 Å². The van der Waals surface area contributed by atoms with Crippen LogP contribution in [-0.4, -0.2) is 31.6 Å². The molecule has 0 fully saturated rings. The van der Waals surface area contributed by atoms with E-state index in [0.29, 0.717) is 22.6 Å². The Morgan fingerprint density at radius 3 is 2.55 bits per heavy atom. The van der Waals surface area contributed by atoms with Gasteiger partial charge >= 0.3 is 5.97 Å². The maximum atomic E-state index is 12.7. The van der Waals surface area contributed by atoms with Crippen LogP contribution in [-0.2, 0) is 10.0 Å². The van der Waals surface area contributed by atoms with Crippen molar-refractivity contribution in [3.05, 3.63) is 83.7 Å². The van der Waals surface area contributed by atoms with Crippen molar-refractivity contribution in [2.24, 2.45) is 0 Å². The number of carboxylic acids is 1. The summed E-state index contributed by atoms with van der Waals surface area (Å²) in [5.41, 5.74) is 1.20. The number of para-hydroxylation sites is 1. The minimum absolute atomic E-state index is 0.0630. The molecule has 0 aliphatic heterocycles. The highest BCUT2D eigenvalue weighted by molar-refractivity contribution is 7.92. The van der Waals surface area contributed by atoms with Crippen molar-refractivity contribution in [3.8, 4) is 17.6 Å². The first kappa shape index (κ1) is 19.9. The number of sulfonamides is 1. The predicted molar refractivity (Wildman–Crippen MR) is 107 cm³/mol.